The Balaban J connectivity index is -0.0000000171. The molecule has 0 heterocycles. The van der Waals surface area contributed by atoms with Crippen LogP contribution < -0.4 is 35.7 Å². The minimum absolute atomic E-state index is 0. The Kier molecular flexibility index (Phi) is 35.9. The Morgan fingerprint density at radius 1 is 0.900 bits per heavy atom. The molecule has 0 aromatic carbocycles. The molecule has 10 heavy (non-hydrogen) atoms. The molecule has 8 heteroatoms. The van der Waals surface area contributed by atoms with Gasteiger partial charge in [-0.2, -0.15) is 0 Å². The zero-order chi connectivity index (χ0) is 7.15. The van der Waals surface area contributed by atoms with Crippen molar-refractivity contribution in [3.63, 3.8) is 0 Å². The van der Waals surface area contributed by atoms with Gasteiger partial charge < -0.3 is 28.0 Å². The molecule has 0 aromatic rings. The SMILES string of the molecule is N.O=C(O)O.O=C(O)O.[H-].[Na+]. The predicted molar refractivity (Wildman–Crippen MR) is 27.4 cm³/mol. The molecule has 58 valence electrons. The summed E-state index contributed by atoms with van der Waals surface area (Å²) in [5.41, 5.74) is 0. The van der Waals surface area contributed by atoms with Crippen molar-refractivity contribution in [1.82, 2.24) is 6.15 Å². The number of rotatable bonds is 0. The summed E-state index contributed by atoms with van der Waals surface area (Å²) in [6.07, 6.45) is -3.67. The van der Waals surface area contributed by atoms with Crippen LogP contribution in [0.15, 0.2) is 0 Å². The fraction of sp³-hybridized carbons (Fsp3) is 0. The van der Waals surface area contributed by atoms with Crippen molar-refractivity contribution in [1.29, 1.82) is 0 Å². The van der Waals surface area contributed by atoms with Crippen molar-refractivity contribution in [3.8, 4) is 0 Å². The van der Waals surface area contributed by atoms with E-state index in [2.05, 4.69) is 0 Å². The van der Waals surface area contributed by atoms with Crippen molar-refractivity contribution in [2.75, 3.05) is 0 Å². The summed E-state index contributed by atoms with van der Waals surface area (Å²) in [6.45, 7) is 0. The Bertz CT molecular complexity index is 78.6. The first-order chi connectivity index (χ1) is 3.46. The summed E-state index contributed by atoms with van der Waals surface area (Å²) >= 11 is 0. The van der Waals surface area contributed by atoms with E-state index in [0.29, 0.717) is 0 Å². The molecule has 0 radical (unpaired) electrons. The van der Waals surface area contributed by atoms with Crippen molar-refractivity contribution in [3.05, 3.63) is 0 Å². The van der Waals surface area contributed by atoms with Gasteiger partial charge in [-0.05, 0) is 0 Å². The minimum atomic E-state index is -1.83. The van der Waals surface area contributed by atoms with Gasteiger partial charge in [-0.15, -0.1) is 0 Å². The maximum absolute atomic E-state index is 8.56. The maximum Gasteiger partial charge on any atom is 1.00 e. The zero-order valence-electron chi connectivity index (χ0n) is 6.31. The Hall–Kier alpha value is -0.500. The molecule has 0 atom stereocenters. The van der Waals surface area contributed by atoms with Gasteiger partial charge in [0.05, 0.1) is 0 Å². The van der Waals surface area contributed by atoms with E-state index in [1.165, 1.54) is 0 Å². The van der Waals surface area contributed by atoms with E-state index in [1.54, 1.807) is 0 Å². The van der Waals surface area contributed by atoms with E-state index in [1.807, 2.05) is 0 Å². The predicted octanol–water partition coefficient (Wildman–Crippen LogP) is -2.28. The van der Waals surface area contributed by atoms with Gasteiger partial charge in [-0.1, -0.05) is 0 Å². The fourth-order valence-corrected chi connectivity index (χ4v) is 0. The molecule has 0 aliphatic rings. The largest absolute Gasteiger partial charge is 1.00 e. The third-order valence-electron chi connectivity index (χ3n) is 0. The van der Waals surface area contributed by atoms with Crippen LogP contribution in [0.2, 0.25) is 0 Å². The van der Waals surface area contributed by atoms with Crippen LogP contribution in [-0.2, 0) is 0 Å². The van der Waals surface area contributed by atoms with E-state index in [0.717, 1.165) is 0 Å². The molecule has 0 bridgehead atoms. The van der Waals surface area contributed by atoms with Gasteiger partial charge in [-0.25, -0.2) is 9.59 Å². The van der Waals surface area contributed by atoms with Crippen molar-refractivity contribution in [2.24, 2.45) is 0 Å². The third kappa shape index (κ3) is 1270. The summed E-state index contributed by atoms with van der Waals surface area (Å²) in [5.74, 6) is 0. The van der Waals surface area contributed by atoms with Crippen molar-refractivity contribution < 1.29 is 61.0 Å². The first-order valence-corrected chi connectivity index (χ1v) is 1.30. The van der Waals surface area contributed by atoms with Crippen LogP contribution >= 0.6 is 0 Å². The van der Waals surface area contributed by atoms with Crippen molar-refractivity contribution >= 4 is 12.3 Å². The molecule has 0 aliphatic carbocycles. The molecule has 0 saturated carbocycles. The van der Waals surface area contributed by atoms with Gasteiger partial charge in [0.2, 0.25) is 0 Å². The molecular formula is C2H8NNaO6. The van der Waals surface area contributed by atoms with Crippen LogP contribution in [0.4, 0.5) is 9.59 Å². The van der Waals surface area contributed by atoms with E-state index in [4.69, 9.17) is 30.0 Å². The standard InChI is InChI=1S/2CH2O3.H3N.Na.H/c2*2-1(3)4;;;/h2*(H2,2,3,4);1H3;;/q;;;+1;-1. The van der Waals surface area contributed by atoms with Crippen LogP contribution in [-0.4, -0.2) is 32.7 Å². The maximum atomic E-state index is 8.56. The van der Waals surface area contributed by atoms with Crippen LogP contribution in [0.1, 0.15) is 1.43 Å². The second-order valence-electron chi connectivity index (χ2n) is 0.565. The second kappa shape index (κ2) is 15.8. The van der Waals surface area contributed by atoms with E-state index in [9.17, 15) is 0 Å². The number of hydrogen-bond acceptors (Lipinski definition) is 3. The average Bonchev–Trinajstić information content (AvgIpc) is 1.25. The van der Waals surface area contributed by atoms with Gasteiger partial charge in [0.1, 0.15) is 0 Å². The summed E-state index contributed by atoms with van der Waals surface area (Å²) < 4.78 is 0. The molecule has 0 aromatic heterocycles. The molecule has 7 nitrogen and oxygen atoms in total. The summed E-state index contributed by atoms with van der Waals surface area (Å²) in [6, 6.07) is 0. The smallest absolute Gasteiger partial charge is 1.00 e. The molecule has 0 saturated heterocycles. The first-order valence-electron chi connectivity index (χ1n) is 1.30. The molecule has 0 rings (SSSR count). The topological polar surface area (TPSA) is 150 Å². The van der Waals surface area contributed by atoms with E-state index >= 15 is 0 Å². The summed E-state index contributed by atoms with van der Waals surface area (Å²) in [7, 11) is 0. The molecule has 0 unspecified atom stereocenters. The van der Waals surface area contributed by atoms with Crippen LogP contribution in [0.3, 0.4) is 0 Å². The molecule has 0 spiro atoms. The summed E-state index contributed by atoms with van der Waals surface area (Å²) in [5, 5.41) is 27.9. The average molecular weight is 165 g/mol. The van der Waals surface area contributed by atoms with Crippen LogP contribution in [0.5, 0.6) is 0 Å². The zero-order valence-corrected chi connectivity index (χ0v) is 7.31. The second-order valence-corrected chi connectivity index (χ2v) is 0.565. The normalized spacial score (nSPS) is 4.80. The van der Waals surface area contributed by atoms with Gasteiger partial charge >= 0.3 is 41.9 Å². The monoisotopic (exact) mass is 165 g/mol. The Labute approximate surface area is 79.6 Å². The number of carbonyl (C=O) groups is 2. The summed E-state index contributed by atoms with van der Waals surface area (Å²) in [4.78, 5) is 17.1. The third-order valence-corrected chi connectivity index (χ3v) is 0. The van der Waals surface area contributed by atoms with Gasteiger partial charge in [-0.3, -0.25) is 0 Å². The van der Waals surface area contributed by atoms with E-state index in [-0.39, 0.29) is 37.1 Å². The molecule has 7 N–H and O–H groups in total. The fourth-order valence-electron chi connectivity index (χ4n) is 0. The van der Waals surface area contributed by atoms with Crippen LogP contribution in [0.25, 0.3) is 0 Å². The van der Waals surface area contributed by atoms with Gasteiger partial charge in [0, 0.05) is 0 Å². The van der Waals surface area contributed by atoms with Crippen LogP contribution in [0, 0.1) is 0 Å². The molecule has 0 fully saturated rings. The van der Waals surface area contributed by atoms with Gasteiger partial charge in [0.25, 0.3) is 0 Å². The van der Waals surface area contributed by atoms with Crippen molar-refractivity contribution in [2.45, 2.75) is 0 Å². The van der Waals surface area contributed by atoms with E-state index < -0.39 is 12.3 Å². The number of hydrogen-bond donors (Lipinski definition) is 5. The Morgan fingerprint density at radius 3 is 0.900 bits per heavy atom. The molecular weight excluding hydrogens is 157 g/mol. The first kappa shape index (κ1) is 22.7. The molecule has 0 aliphatic heterocycles. The molecule has 0 amide bonds. The quantitative estimate of drug-likeness (QED) is 0.254. The number of carboxylic acid groups (broad SMARTS) is 4. The Morgan fingerprint density at radius 2 is 0.900 bits per heavy atom. The van der Waals surface area contributed by atoms with Gasteiger partial charge in [0.15, 0.2) is 0 Å². The minimum Gasteiger partial charge on any atom is -1.00 e.